The van der Waals surface area contributed by atoms with Gasteiger partial charge in [-0.3, -0.25) is 4.79 Å². The van der Waals surface area contributed by atoms with Gasteiger partial charge in [-0.05, 0) is 24.9 Å². The first-order chi connectivity index (χ1) is 8.13. The van der Waals surface area contributed by atoms with Crippen LogP contribution >= 0.6 is 11.6 Å². The third kappa shape index (κ3) is 4.86. The van der Waals surface area contributed by atoms with Crippen molar-refractivity contribution in [3.05, 3.63) is 11.5 Å². The molecule has 1 rings (SSSR count). The second kappa shape index (κ2) is 6.90. The number of nitrogens with one attached hydrogen (secondary N) is 1. The Hall–Kier alpha value is -1.56. The van der Waals surface area contributed by atoms with Crippen LogP contribution in [0.5, 0.6) is 0 Å². The lowest BCUT2D eigenvalue weighted by atomic mass is 10.3. The van der Waals surface area contributed by atoms with E-state index in [1.54, 1.807) is 6.92 Å². The Morgan fingerprint density at radius 3 is 3.12 bits per heavy atom. The fourth-order valence-electron chi connectivity index (χ4n) is 1.18. The molecule has 0 saturated heterocycles. The average molecular weight is 259 g/mol. The highest BCUT2D eigenvalue weighted by Gasteiger charge is 2.04. The van der Waals surface area contributed by atoms with Gasteiger partial charge >= 0.3 is 5.97 Å². The first-order valence-corrected chi connectivity index (χ1v) is 5.68. The number of nitrogens with zero attached hydrogens (tertiary/aromatic N) is 2. The molecule has 0 aliphatic carbocycles. The van der Waals surface area contributed by atoms with Gasteiger partial charge in [0.15, 0.2) is 5.82 Å². The number of rotatable bonds is 6. The van der Waals surface area contributed by atoms with Crippen molar-refractivity contribution in [2.24, 2.45) is 0 Å². The van der Waals surface area contributed by atoms with Crippen LogP contribution in [0.2, 0.25) is 5.28 Å². The maximum Gasteiger partial charge on any atom is 0.305 e. The minimum atomic E-state index is -0.206. The van der Waals surface area contributed by atoms with E-state index in [1.165, 1.54) is 6.20 Å². The number of carbonyl (C=O) groups is 1. The van der Waals surface area contributed by atoms with Gasteiger partial charge in [-0.1, -0.05) is 0 Å². The number of hydrogen-bond donors (Lipinski definition) is 2. The number of ether oxygens (including phenoxy) is 1. The van der Waals surface area contributed by atoms with Gasteiger partial charge in [0.1, 0.15) is 0 Å². The number of carbonyl (C=O) groups excluding carboxylic acids is 1. The summed E-state index contributed by atoms with van der Waals surface area (Å²) in [7, 11) is 0. The van der Waals surface area contributed by atoms with E-state index < -0.39 is 0 Å². The van der Waals surface area contributed by atoms with Crippen molar-refractivity contribution in [3.63, 3.8) is 0 Å². The molecule has 0 aliphatic rings. The number of esters is 1. The van der Waals surface area contributed by atoms with E-state index in [-0.39, 0.29) is 11.3 Å². The number of halogens is 1. The lowest BCUT2D eigenvalue weighted by molar-refractivity contribution is -0.143. The predicted octanol–water partition coefficient (Wildman–Crippen LogP) is 1.47. The fourth-order valence-corrected chi connectivity index (χ4v) is 1.32. The molecule has 1 aromatic heterocycles. The zero-order chi connectivity index (χ0) is 12.7. The molecule has 6 nitrogen and oxygen atoms in total. The van der Waals surface area contributed by atoms with Crippen molar-refractivity contribution in [2.75, 3.05) is 24.2 Å². The van der Waals surface area contributed by atoms with Crippen LogP contribution < -0.4 is 11.1 Å². The first-order valence-electron chi connectivity index (χ1n) is 5.31. The third-order valence-electron chi connectivity index (χ3n) is 1.94. The highest BCUT2D eigenvalue weighted by molar-refractivity contribution is 6.28. The molecular weight excluding hydrogens is 244 g/mol. The third-order valence-corrected chi connectivity index (χ3v) is 2.13. The Balaban J connectivity index is 2.31. The number of aromatic nitrogens is 2. The normalized spacial score (nSPS) is 10.0. The Morgan fingerprint density at radius 1 is 1.65 bits per heavy atom. The smallest absolute Gasteiger partial charge is 0.305 e. The van der Waals surface area contributed by atoms with Crippen molar-refractivity contribution in [1.82, 2.24) is 9.97 Å². The molecule has 0 amide bonds. The minimum Gasteiger partial charge on any atom is -0.466 e. The standard InChI is InChI=1S/C10H15ClN4O2/c1-2-17-8(16)4-3-5-13-9-7(12)6-14-10(11)15-9/h6H,2-5,12H2,1H3,(H,13,14,15). The zero-order valence-electron chi connectivity index (χ0n) is 9.57. The van der Waals surface area contributed by atoms with Crippen molar-refractivity contribution < 1.29 is 9.53 Å². The van der Waals surface area contributed by atoms with Gasteiger partial charge in [-0.2, -0.15) is 4.98 Å². The molecule has 0 radical (unpaired) electrons. The summed E-state index contributed by atoms with van der Waals surface area (Å²) in [6.45, 7) is 2.75. The number of nitrogen functional groups attached to an aromatic ring is 1. The molecule has 0 fully saturated rings. The summed E-state index contributed by atoms with van der Waals surface area (Å²) in [5.41, 5.74) is 6.06. The number of nitrogens with two attached hydrogens (primary N) is 1. The van der Waals surface area contributed by atoms with Gasteiger partial charge in [0, 0.05) is 13.0 Å². The molecule has 94 valence electrons. The Morgan fingerprint density at radius 2 is 2.41 bits per heavy atom. The van der Waals surface area contributed by atoms with Crippen molar-refractivity contribution in [3.8, 4) is 0 Å². The maximum atomic E-state index is 11.1. The topological polar surface area (TPSA) is 90.1 Å². The summed E-state index contributed by atoms with van der Waals surface area (Å²) in [4.78, 5) is 18.7. The average Bonchev–Trinajstić information content (AvgIpc) is 2.29. The molecule has 0 aromatic carbocycles. The van der Waals surface area contributed by atoms with Crippen LogP contribution in [0.1, 0.15) is 19.8 Å². The van der Waals surface area contributed by atoms with Crippen molar-refractivity contribution in [1.29, 1.82) is 0 Å². The summed E-state index contributed by atoms with van der Waals surface area (Å²) in [5.74, 6) is 0.275. The Labute approximate surface area is 105 Å². The molecule has 0 spiro atoms. The molecule has 0 atom stereocenters. The van der Waals surface area contributed by atoms with Crippen molar-refractivity contribution >= 4 is 29.1 Å². The lowest BCUT2D eigenvalue weighted by Crippen LogP contribution is -2.10. The zero-order valence-corrected chi connectivity index (χ0v) is 10.3. The molecule has 3 N–H and O–H groups in total. The largest absolute Gasteiger partial charge is 0.466 e. The van der Waals surface area contributed by atoms with E-state index in [4.69, 9.17) is 22.1 Å². The van der Waals surface area contributed by atoms with E-state index >= 15 is 0 Å². The van der Waals surface area contributed by atoms with Crippen LogP contribution in [0.15, 0.2) is 6.20 Å². The van der Waals surface area contributed by atoms with Crippen molar-refractivity contribution in [2.45, 2.75) is 19.8 Å². The SMILES string of the molecule is CCOC(=O)CCCNc1nc(Cl)ncc1N. The van der Waals surface area contributed by atoms with Gasteiger partial charge < -0.3 is 15.8 Å². The van der Waals surface area contributed by atoms with Gasteiger partial charge in [-0.15, -0.1) is 0 Å². The Kier molecular flexibility index (Phi) is 5.48. The molecule has 0 aliphatic heterocycles. The van der Waals surface area contributed by atoms with Gasteiger partial charge in [-0.25, -0.2) is 4.98 Å². The fraction of sp³-hybridized carbons (Fsp3) is 0.500. The van der Waals surface area contributed by atoms with E-state index in [9.17, 15) is 4.79 Å². The quantitative estimate of drug-likeness (QED) is 0.456. The summed E-state index contributed by atoms with van der Waals surface area (Å²) in [6, 6.07) is 0. The summed E-state index contributed by atoms with van der Waals surface area (Å²) < 4.78 is 4.80. The van der Waals surface area contributed by atoms with E-state index in [2.05, 4.69) is 15.3 Å². The minimum absolute atomic E-state index is 0.132. The van der Waals surface area contributed by atoms with E-state index in [0.717, 1.165) is 0 Å². The number of anilines is 2. The van der Waals surface area contributed by atoms with Gasteiger partial charge in [0.05, 0.1) is 18.5 Å². The van der Waals surface area contributed by atoms with Crippen LogP contribution in [0.3, 0.4) is 0 Å². The molecule has 7 heteroatoms. The van der Waals surface area contributed by atoms with E-state index in [0.29, 0.717) is 37.5 Å². The molecule has 0 bridgehead atoms. The van der Waals surface area contributed by atoms with Crippen LogP contribution in [-0.4, -0.2) is 29.1 Å². The van der Waals surface area contributed by atoms with Crippen LogP contribution in [0.25, 0.3) is 0 Å². The second-order valence-electron chi connectivity index (χ2n) is 3.28. The lowest BCUT2D eigenvalue weighted by Gasteiger charge is -2.07. The monoisotopic (exact) mass is 258 g/mol. The highest BCUT2D eigenvalue weighted by Crippen LogP contribution is 2.15. The number of hydrogen-bond acceptors (Lipinski definition) is 6. The summed E-state index contributed by atoms with van der Waals surface area (Å²) >= 11 is 5.63. The molecular formula is C10H15ClN4O2. The first kappa shape index (κ1) is 13.5. The highest BCUT2D eigenvalue weighted by atomic mass is 35.5. The van der Waals surface area contributed by atoms with Gasteiger partial charge in [0.2, 0.25) is 5.28 Å². The van der Waals surface area contributed by atoms with Gasteiger partial charge in [0.25, 0.3) is 0 Å². The summed E-state index contributed by atoms with van der Waals surface area (Å²) in [6.07, 6.45) is 2.43. The molecule has 1 aromatic rings. The van der Waals surface area contributed by atoms with Crippen LogP contribution in [0, 0.1) is 0 Å². The van der Waals surface area contributed by atoms with E-state index in [1.807, 2.05) is 0 Å². The molecule has 0 unspecified atom stereocenters. The van der Waals surface area contributed by atoms with Crippen LogP contribution in [-0.2, 0) is 9.53 Å². The predicted molar refractivity (Wildman–Crippen MR) is 65.8 cm³/mol. The maximum absolute atomic E-state index is 11.1. The Bertz CT molecular complexity index is 387. The molecule has 0 saturated carbocycles. The summed E-state index contributed by atoms with van der Waals surface area (Å²) in [5, 5.41) is 3.11. The second-order valence-corrected chi connectivity index (χ2v) is 3.62. The molecule has 17 heavy (non-hydrogen) atoms. The molecule has 1 heterocycles. The van der Waals surface area contributed by atoms with Crippen LogP contribution in [0.4, 0.5) is 11.5 Å².